The van der Waals surface area contributed by atoms with Crippen molar-refractivity contribution in [2.45, 2.75) is 49.1 Å². The number of sulfonamides is 1. The van der Waals surface area contributed by atoms with Crippen molar-refractivity contribution >= 4 is 31.9 Å². The predicted molar refractivity (Wildman–Crippen MR) is 158 cm³/mol. The average Bonchev–Trinajstić information content (AvgIpc) is 2.98. The number of carbonyl (C=O) groups is 1. The minimum Gasteiger partial charge on any atom is -0.339 e. The molecule has 0 atom stereocenters. The van der Waals surface area contributed by atoms with Crippen LogP contribution in [0.1, 0.15) is 49.3 Å². The van der Waals surface area contributed by atoms with E-state index in [2.05, 4.69) is 69.4 Å². The number of amides is 1. The fraction of sp³-hybridized carbons (Fsp3) is 0.387. The van der Waals surface area contributed by atoms with Crippen LogP contribution < -0.4 is 0 Å². The molecule has 3 aromatic carbocycles. The molecule has 1 saturated carbocycles. The molecule has 3 aromatic rings. The van der Waals surface area contributed by atoms with E-state index in [-0.39, 0.29) is 29.4 Å². The van der Waals surface area contributed by atoms with Crippen LogP contribution in [0.25, 0.3) is 0 Å². The maximum atomic E-state index is 13.7. The first-order valence-electron chi connectivity index (χ1n) is 13.8. The zero-order valence-corrected chi connectivity index (χ0v) is 24.6. The Morgan fingerprint density at radius 1 is 0.795 bits per heavy atom. The fourth-order valence-electron chi connectivity index (χ4n) is 5.87. The molecular formula is C31H36BrN3O3S. The second-order valence-corrected chi connectivity index (χ2v) is 13.2. The van der Waals surface area contributed by atoms with E-state index in [1.54, 1.807) is 24.3 Å². The van der Waals surface area contributed by atoms with Crippen LogP contribution in [0.5, 0.6) is 0 Å². The van der Waals surface area contributed by atoms with Crippen molar-refractivity contribution in [2.75, 3.05) is 32.7 Å². The minimum absolute atomic E-state index is 0.107. The van der Waals surface area contributed by atoms with Gasteiger partial charge in [0.25, 0.3) is 0 Å². The molecule has 1 aliphatic heterocycles. The highest BCUT2D eigenvalue weighted by Crippen LogP contribution is 2.31. The molecule has 2 fully saturated rings. The number of benzene rings is 3. The van der Waals surface area contributed by atoms with Crippen LogP contribution >= 0.6 is 15.9 Å². The molecule has 1 aliphatic carbocycles. The van der Waals surface area contributed by atoms with E-state index < -0.39 is 10.0 Å². The molecule has 0 aromatic heterocycles. The zero-order chi connectivity index (χ0) is 27.2. The van der Waals surface area contributed by atoms with Crippen LogP contribution in [0.3, 0.4) is 0 Å². The van der Waals surface area contributed by atoms with E-state index in [4.69, 9.17) is 0 Å². The molecule has 0 bridgehead atoms. The second kappa shape index (κ2) is 12.8. The van der Waals surface area contributed by atoms with Crippen LogP contribution in [0.2, 0.25) is 0 Å². The van der Waals surface area contributed by atoms with Crippen LogP contribution in [0.4, 0.5) is 0 Å². The van der Waals surface area contributed by atoms with E-state index in [0.29, 0.717) is 13.1 Å². The average molecular weight is 611 g/mol. The van der Waals surface area contributed by atoms with Gasteiger partial charge < -0.3 is 4.90 Å². The van der Waals surface area contributed by atoms with Crippen molar-refractivity contribution in [3.8, 4) is 0 Å². The summed E-state index contributed by atoms with van der Waals surface area (Å²) in [6, 6.07) is 27.6. The van der Waals surface area contributed by atoms with E-state index >= 15 is 0 Å². The molecule has 5 rings (SSSR count). The van der Waals surface area contributed by atoms with Crippen molar-refractivity contribution in [1.82, 2.24) is 14.1 Å². The highest BCUT2D eigenvalue weighted by atomic mass is 79.9. The summed E-state index contributed by atoms with van der Waals surface area (Å²) in [7, 11) is -3.79. The van der Waals surface area contributed by atoms with Gasteiger partial charge in [0.05, 0.1) is 17.5 Å². The SMILES string of the molecule is O=C(CN(C1CCCCC1)S(=O)(=O)c1ccc(Br)cc1)N1CCN(C(c2ccccc2)c2ccccc2)CC1. The molecule has 39 heavy (non-hydrogen) atoms. The Morgan fingerprint density at radius 2 is 1.33 bits per heavy atom. The Labute approximate surface area is 240 Å². The summed E-state index contributed by atoms with van der Waals surface area (Å²) in [6.07, 6.45) is 4.69. The first kappa shape index (κ1) is 28.0. The number of nitrogens with zero attached hydrogens (tertiary/aromatic N) is 3. The van der Waals surface area contributed by atoms with E-state index in [1.807, 2.05) is 17.0 Å². The van der Waals surface area contributed by atoms with Crippen LogP contribution in [0, 0.1) is 0 Å². The normalized spacial score (nSPS) is 17.6. The first-order chi connectivity index (χ1) is 18.9. The van der Waals surface area contributed by atoms with Gasteiger partial charge in [-0.1, -0.05) is 95.9 Å². The van der Waals surface area contributed by atoms with Gasteiger partial charge in [-0.25, -0.2) is 8.42 Å². The second-order valence-electron chi connectivity index (χ2n) is 10.4. The monoisotopic (exact) mass is 609 g/mol. The van der Waals surface area contributed by atoms with Crippen molar-refractivity contribution < 1.29 is 13.2 Å². The van der Waals surface area contributed by atoms with Gasteiger partial charge in [-0.15, -0.1) is 0 Å². The van der Waals surface area contributed by atoms with Gasteiger partial charge in [-0.2, -0.15) is 4.31 Å². The summed E-state index contributed by atoms with van der Waals surface area (Å²) in [4.78, 5) is 18.1. The van der Waals surface area contributed by atoms with Gasteiger partial charge in [0.1, 0.15) is 0 Å². The molecule has 1 amide bonds. The minimum atomic E-state index is -3.79. The number of piperazine rings is 1. The zero-order valence-electron chi connectivity index (χ0n) is 22.2. The Hall–Kier alpha value is -2.52. The molecule has 6 nitrogen and oxygen atoms in total. The highest BCUT2D eigenvalue weighted by Gasteiger charge is 2.36. The molecule has 8 heteroatoms. The van der Waals surface area contributed by atoms with Crippen LogP contribution in [0.15, 0.2) is 94.3 Å². The van der Waals surface area contributed by atoms with Crippen molar-refractivity contribution in [1.29, 1.82) is 0 Å². The molecule has 2 aliphatic rings. The largest absolute Gasteiger partial charge is 0.339 e. The van der Waals surface area contributed by atoms with E-state index in [1.165, 1.54) is 15.4 Å². The lowest BCUT2D eigenvalue weighted by molar-refractivity contribution is -0.133. The summed E-state index contributed by atoms with van der Waals surface area (Å²) in [5.41, 5.74) is 2.46. The predicted octanol–water partition coefficient (Wildman–Crippen LogP) is 5.71. The maximum Gasteiger partial charge on any atom is 0.243 e. The summed E-state index contributed by atoms with van der Waals surface area (Å²) < 4.78 is 29.8. The third kappa shape index (κ3) is 6.62. The van der Waals surface area contributed by atoms with E-state index in [0.717, 1.165) is 49.7 Å². The van der Waals surface area contributed by atoms with Gasteiger partial charge in [0.15, 0.2) is 0 Å². The van der Waals surface area contributed by atoms with Crippen molar-refractivity contribution in [3.63, 3.8) is 0 Å². The topological polar surface area (TPSA) is 60.9 Å². The molecule has 1 heterocycles. The number of rotatable bonds is 8. The third-order valence-corrected chi connectivity index (χ3v) is 10.4. The molecule has 0 N–H and O–H groups in total. The third-order valence-electron chi connectivity index (χ3n) is 7.96. The summed E-state index contributed by atoms with van der Waals surface area (Å²) in [5, 5.41) is 0. The van der Waals surface area contributed by atoms with E-state index in [9.17, 15) is 13.2 Å². The summed E-state index contributed by atoms with van der Waals surface area (Å²) in [5.74, 6) is -0.114. The first-order valence-corrected chi connectivity index (χ1v) is 16.1. The summed E-state index contributed by atoms with van der Waals surface area (Å²) >= 11 is 3.39. The van der Waals surface area contributed by atoms with Gasteiger partial charge >= 0.3 is 0 Å². The number of hydrogen-bond donors (Lipinski definition) is 0. The summed E-state index contributed by atoms with van der Waals surface area (Å²) in [6.45, 7) is 2.49. The molecule has 206 valence electrons. The maximum absolute atomic E-state index is 13.7. The van der Waals surface area contributed by atoms with Gasteiger partial charge in [0.2, 0.25) is 15.9 Å². The van der Waals surface area contributed by atoms with Gasteiger partial charge in [0, 0.05) is 36.7 Å². The molecule has 0 radical (unpaired) electrons. The van der Waals surface area contributed by atoms with Crippen LogP contribution in [-0.2, 0) is 14.8 Å². The standard InChI is InChI=1S/C31H36BrN3O3S/c32-27-16-18-29(19-17-27)39(37,38)35(28-14-8-3-9-15-28)24-30(36)33-20-22-34(23-21-33)31(25-10-4-1-5-11-25)26-12-6-2-7-13-26/h1-2,4-7,10-13,16-19,28,31H,3,8-9,14-15,20-24H2. The Kier molecular flexibility index (Phi) is 9.17. The van der Waals surface area contributed by atoms with Crippen LogP contribution in [-0.4, -0.2) is 67.2 Å². The number of carbonyl (C=O) groups excluding carboxylic acids is 1. The fourth-order valence-corrected chi connectivity index (χ4v) is 7.77. The Bertz CT molecular complexity index is 1280. The number of halogens is 1. The molecular weight excluding hydrogens is 574 g/mol. The number of hydrogen-bond acceptors (Lipinski definition) is 4. The van der Waals surface area contributed by atoms with Gasteiger partial charge in [-0.3, -0.25) is 9.69 Å². The van der Waals surface area contributed by atoms with Crippen molar-refractivity contribution in [2.24, 2.45) is 0 Å². The lowest BCUT2D eigenvalue weighted by Gasteiger charge is -2.41. The molecule has 0 spiro atoms. The lowest BCUT2D eigenvalue weighted by atomic mass is 9.95. The quantitative estimate of drug-likeness (QED) is 0.328. The Morgan fingerprint density at radius 3 is 1.87 bits per heavy atom. The highest BCUT2D eigenvalue weighted by molar-refractivity contribution is 9.10. The lowest BCUT2D eigenvalue weighted by Crippen LogP contribution is -2.53. The Balaban J connectivity index is 1.31. The van der Waals surface area contributed by atoms with Gasteiger partial charge in [-0.05, 0) is 48.2 Å². The molecule has 0 unspecified atom stereocenters. The smallest absolute Gasteiger partial charge is 0.243 e. The van der Waals surface area contributed by atoms with Crippen molar-refractivity contribution in [3.05, 3.63) is 101 Å². The molecule has 1 saturated heterocycles.